The fraction of sp³-hybridized carbons (Fsp3) is 0.974. The van der Waals surface area contributed by atoms with Gasteiger partial charge in [0.15, 0.2) is 0 Å². The molecule has 2 unspecified atom stereocenters. The van der Waals surface area contributed by atoms with Crippen molar-refractivity contribution in [1.82, 2.24) is 18.9 Å². The molecule has 21 heteroatoms. The van der Waals surface area contributed by atoms with Crippen LogP contribution in [0.4, 0.5) is 0 Å². The average molecular weight is 1610 g/mol. The van der Waals surface area contributed by atoms with Gasteiger partial charge in [0.05, 0.1) is 47.0 Å². The fourth-order valence-electron chi connectivity index (χ4n) is 12.8. The molecule has 0 radical (unpaired) electrons. The molecule has 0 saturated heterocycles. The Bertz CT molecular complexity index is 2050. The summed E-state index contributed by atoms with van der Waals surface area (Å²) < 4.78 is 108. The molecule has 99 heavy (non-hydrogen) atoms. The van der Waals surface area contributed by atoms with E-state index >= 15 is 0 Å². The van der Waals surface area contributed by atoms with E-state index in [1.165, 1.54) is 295 Å². The zero-order valence-electron chi connectivity index (χ0n) is 64.9. The summed E-state index contributed by atoms with van der Waals surface area (Å²) in [4.78, 5) is 23.1. The van der Waals surface area contributed by atoms with Crippen LogP contribution in [0, 0.1) is 0 Å². The fourth-order valence-corrected chi connectivity index (χ4v) is 17.8. The number of carboxylic acid groups (broad SMARTS) is 2. The Morgan fingerprint density at radius 3 is 0.475 bits per heavy atom. The maximum atomic E-state index is 12.5. The first-order valence-electron chi connectivity index (χ1n) is 41.6. The van der Waals surface area contributed by atoms with Gasteiger partial charge in [0, 0.05) is 13.1 Å². The summed E-state index contributed by atoms with van der Waals surface area (Å²) in [5, 5.41) is 23.1. The van der Waals surface area contributed by atoms with Gasteiger partial charge in [-0.15, -0.1) is 0 Å². The van der Waals surface area contributed by atoms with E-state index in [0.29, 0.717) is 25.7 Å². The number of hydrogen-bond donors (Lipinski definition) is 4. The number of hydrogen-bond acceptors (Lipinski definition) is 12. The zero-order valence-corrected chi connectivity index (χ0v) is 72.6. The molecule has 0 spiro atoms. The van der Waals surface area contributed by atoms with E-state index in [9.17, 15) is 53.5 Å². The minimum atomic E-state index is -3.86. The van der Waals surface area contributed by atoms with Crippen LogP contribution < -0.4 is 29.1 Å². The molecule has 0 saturated carbocycles. The van der Waals surface area contributed by atoms with Crippen LogP contribution in [0.5, 0.6) is 0 Å². The molecule has 0 aliphatic carbocycles. The van der Waals surface area contributed by atoms with E-state index in [0.717, 1.165) is 89.9 Å². The number of carboxylic acids is 2. The predicted octanol–water partition coefficient (Wildman–Crippen LogP) is 18.6. The predicted molar refractivity (Wildman–Crippen MR) is 419 cm³/mol. The molecule has 0 amide bonds. The molecule has 16 nitrogen and oxygen atoms in total. The number of sulfonamides is 4. The van der Waals surface area contributed by atoms with Crippen molar-refractivity contribution in [2.75, 3.05) is 36.1 Å². The summed E-state index contributed by atoms with van der Waals surface area (Å²) in [5.74, 6) is -3.84. The first kappa shape index (κ1) is 103. The van der Waals surface area contributed by atoms with Gasteiger partial charge in [-0.25, -0.2) is 52.6 Å². The maximum absolute atomic E-state index is 12.5. The number of rotatable bonds is 80. The van der Waals surface area contributed by atoms with Gasteiger partial charge in [-0.05, 0) is 25.7 Å². The number of unbranched alkanes of at least 4 members (excludes halogenated alkanes) is 60. The summed E-state index contributed by atoms with van der Waals surface area (Å²) in [5.41, 5.74) is 0. The van der Waals surface area contributed by atoms with Crippen molar-refractivity contribution in [3.05, 3.63) is 0 Å². The third kappa shape index (κ3) is 80.5. The molecular weight excluding hydrogens is 1450 g/mol. The van der Waals surface area contributed by atoms with Crippen molar-refractivity contribution < 1.29 is 53.5 Å². The van der Waals surface area contributed by atoms with Gasteiger partial charge in [-0.1, -0.05) is 413 Å². The van der Waals surface area contributed by atoms with Crippen molar-refractivity contribution >= 4 is 101 Å². The smallest absolute Gasteiger partial charge is 0.548 e. The van der Waals surface area contributed by atoms with E-state index in [-0.39, 0.29) is 71.9 Å². The van der Waals surface area contributed by atoms with Crippen molar-refractivity contribution in [1.29, 1.82) is 0 Å². The largest absolute Gasteiger partial charge is 2.00 e. The Morgan fingerprint density at radius 1 is 0.222 bits per heavy atom. The number of nitrogens with one attached hydrogen (secondary N) is 4. The van der Waals surface area contributed by atoms with Crippen LogP contribution in [0.3, 0.4) is 0 Å². The molecular formula is C78H158BaN4O12S4. The number of aliphatic carboxylic acids is 2. The Balaban J connectivity index is -0.00000184. The van der Waals surface area contributed by atoms with E-state index in [4.69, 9.17) is 0 Å². The maximum Gasteiger partial charge on any atom is 2.00 e. The van der Waals surface area contributed by atoms with E-state index in [1.807, 2.05) is 0 Å². The Morgan fingerprint density at radius 2 is 0.343 bits per heavy atom. The van der Waals surface area contributed by atoms with Crippen molar-refractivity contribution in [3.63, 3.8) is 0 Å². The molecule has 0 aromatic heterocycles. The quantitative estimate of drug-likeness (QED) is 0.0327. The summed E-state index contributed by atoms with van der Waals surface area (Å²) in [6.45, 7) is 7.89. The summed E-state index contributed by atoms with van der Waals surface area (Å²) in [7, 11) is -15.1. The molecule has 0 aliphatic rings. The standard InChI is InChI=1S/2C39H80N2O6S2.Ba/c2*1-3-5-7-9-11-13-15-17-19-21-23-25-27-29-31-33-35-48(44,45)40-37-38(39(42)43)41-49(46,47)36-34-32-30-28-26-24-22-20-18-16-14-12-10-8-6-4-2;/h2*38,40-41H,3-37H2,1-2H3,(H,42,43);/q;;+2/p-2. The van der Waals surface area contributed by atoms with Crippen molar-refractivity contribution in [2.45, 2.75) is 451 Å². The van der Waals surface area contributed by atoms with Gasteiger partial charge in [0.2, 0.25) is 40.1 Å². The number of carbonyl (C=O) groups excluding carboxylic acids is 2. The second-order valence-corrected chi connectivity index (χ2v) is 36.8. The first-order valence-corrected chi connectivity index (χ1v) is 48.2. The van der Waals surface area contributed by atoms with Crippen LogP contribution in [-0.4, -0.2) is 143 Å². The molecule has 0 fully saturated rings. The van der Waals surface area contributed by atoms with E-state index in [1.54, 1.807) is 0 Å². The second kappa shape index (κ2) is 76.4. The SMILES string of the molecule is CCCCCCCCCCCCCCCCCCS(=O)(=O)NCC(NS(=O)(=O)CCCCCCCCCCCCCCCCCC)C(=O)[O-].CCCCCCCCCCCCCCCCCCS(=O)(=O)NCC(NS(=O)(=O)CCCCCCCCCCCCCCCCCC)C(=O)[O-].[Ba+2]. The molecule has 0 aliphatic heterocycles. The van der Waals surface area contributed by atoms with Crippen LogP contribution in [0.2, 0.25) is 0 Å². The molecule has 588 valence electrons. The molecule has 0 bridgehead atoms. The van der Waals surface area contributed by atoms with Gasteiger partial charge >= 0.3 is 48.9 Å². The van der Waals surface area contributed by atoms with Crippen molar-refractivity contribution in [3.8, 4) is 0 Å². The number of carbonyl (C=O) groups is 2. The van der Waals surface area contributed by atoms with E-state index < -0.39 is 77.2 Å². The second-order valence-electron chi connectivity index (χ2n) is 29.2. The summed E-state index contributed by atoms with van der Waals surface area (Å²) in [6.07, 6.45) is 76.5. The molecule has 2 atom stereocenters. The van der Waals surface area contributed by atoms with Crippen LogP contribution in [0.25, 0.3) is 0 Å². The Labute approximate surface area is 654 Å². The van der Waals surface area contributed by atoms with Crippen LogP contribution in [-0.2, 0) is 49.7 Å². The van der Waals surface area contributed by atoms with Crippen molar-refractivity contribution in [2.24, 2.45) is 0 Å². The summed E-state index contributed by atoms with van der Waals surface area (Å²) >= 11 is 0. The normalized spacial score (nSPS) is 12.7. The molecule has 4 N–H and O–H groups in total. The third-order valence-electron chi connectivity index (χ3n) is 19.3. The van der Waals surface area contributed by atoms with Crippen LogP contribution >= 0.6 is 0 Å². The first-order chi connectivity index (χ1) is 47.3. The van der Waals surface area contributed by atoms with Gasteiger partial charge in [0.25, 0.3) is 0 Å². The topological polar surface area (TPSA) is 265 Å². The average Bonchev–Trinajstić information content (AvgIpc) is 0.950. The monoisotopic (exact) mass is 1610 g/mol. The Hall–Kier alpha value is 0.151. The van der Waals surface area contributed by atoms with Crippen LogP contribution in [0.1, 0.15) is 439 Å². The van der Waals surface area contributed by atoms with Gasteiger partial charge in [-0.3, -0.25) is 0 Å². The molecule has 0 rings (SSSR count). The van der Waals surface area contributed by atoms with Gasteiger partial charge in [0.1, 0.15) is 0 Å². The minimum absolute atomic E-state index is 0. The molecule has 0 aromatic carbocycles. The van der Waals surface area contributed by atoms with Gasteiger partial charge in [-0.2, -0.15) is 0 Å². The van der Waals surface area contributed by atoms with Crippen LogP contribution in [0.15, 0.2) is 0 Å². The molecule has 0 heterocycles. The third-order valence-corrected chi connectivity index (χ3v) is 25.1. The Kier molecular flexibility index (Phi) is 79.7. The van der Waals surface area contributed by atoms with E-state index in [2.05, 4.69) is 46.6 Å². The zero-order chi connectivity index (χ0) is 72.6. The molecule has 0 aromatic rings. The van der Waals surface area contributed by atoms with Gasteiger partial charge < -0.3 is 19.8 Å². The summed E-state index contributed by atoms with van der Waals surface area (Å²) in [6, 6.07) is -3.27. The minimum Gasteiger partial charge on any atom is -0.548 e.